The van der Waals surface area contributed by atoms with Crippen molar-refractivity contribution >= 4 is 28.6 Å². The summed E-state index contributed by atoms with van der Waals surface area (Å²) < 4.78 is 6.77. The number of hydrogen-bond donors (Lipinski definition) is 0. The van der Waals surface area contributed by atoms with Gasteiger partial charge in [0.2, 0.25) is 0 Å². The predicted octanol–water partition coefficient (Wildman–Crippen LogP) is 2.98. The minimum atomic E-state index is -0.454. The Labute approximate surface area is 116 Å². The minimum Gasteiger partial charge on any atom is -0.462 e. The zero-order valence-electron chi connectivity index (χ0n) is 11.2. The Hall–Kier alpha value is -1.62. The molecule has 0 N–H and O–H groups in total. The van der Waals surface area contributed by atoms with E-state index in [1.807, 2.05) is 11.6 Å². The lowest BCUT2D eigenvalue weighted by Crippen LogP contribution is -2.07. The molecule has 0 aliphatic heterocycles. The molecule has 0 amide bonds. The van der Waals surface area contributed by atoms with E-state index < -0.39 is 5.97 Å². The van der Waals surface area contributed by atoms with Gasteiger partial charge in [0.05, 0.1) is 28.3 Å². The smallest absolute Gasteiger partial charge is 0.341 e. The summed E-state index contributed by atoms with van der Waals surface area (Å²) in [6.45, 7) is 6.75. The summed E-state index contributed by atoms with van der Waals surface area (Å²) in [5.41, 5.74) is 1.76. The zero-order chi connectivity index (χ0) is 14.0. The van der Waals surface area contributed by atoms with Crippen molar-refractivity contribution in [2.75, 3.05) is 6.61 Å². The average Bonchev–Trinajstić information content (AvgIpc) is 2.68. The third-order valence-electron chi connectivity index (χ3n) is 2.80. The lowest BCUT2D eigenvalue weighted by Gasteiger charge is -2.05. The predicted molar refractivity (Wildman–Crippen MR) is 73.5 cm³/mol. The molecule has 2 rings (SSSR count). The van der Waals surface area contributed by atoms with Gasteiger partial charge in [0.25, 0.3) is 0 Å². The van der Waals surface area contributed by atoms with Crippen molar-refractivity contribution in [1.29, 1.82) is 0 Å². The molecule has 19 heavy (non-hydrogen) atoms. The molecule has 0 atom stereocenters. The molecule has 0 bridgehead atoms. The van der Waals surface area contributed by atoms with E-state index in [1.165, 1.54) is 6.20 Å². The second-order valence-electron chi connectivity index (χ2n) is 4.21. The fourth-order valence-corrected chi connectivity index (χ4v) is 2.34. The summed E-state index contributed by atoms with van der Waals surface area (Å²) >= 11 is 6.30. The number of carbonyl (C=O) groups excluding carboxylic acids is 1. The zero-order valence-corrected chi connectivity index (χ0v) is 12.0. The van der Waals surface area contributed by atoms with Crippen LogP contribution in [0.4, 0.5) is 0 Å². The summed E-state index contributed by atoms with van der Waals surface area (Å²) in [6.07, 6.45) is 2.41. The van der Waals surface area contributed by atoms with Gasteiger partial charge >= 0.3 is 5.97 Å². The van der Waals surface area contributed by atoms with Gasteiger partial charge < -0.3 is 4.74 Å². The summed E-state index contributed by atoms with van der Waals surface area (Å²) in [6, 6.07) is 0. The fourth-order valence-electron chi connectivity index (χ4n) is 1.99. The van der Waals surface area contributed by atoms with E-state index in [0.717, 1.165) is 24.0 Å². The fraction of sp³-hybridized carbons (Fsp3) is 0.462. The minimum absolute atomic E-state index is 0.287. The van der Waals surface area contributed by atoms with Crippen LogP contribution in [-0.2, 0) is 11.3 Å². The summed E-state index contributed by atoms with van der Waals surface area (Å²) in [7, 11) is 0. The van der Waals surface area contributed by atoms with Crippen LogP contribution >= 0.6 is 11.6 Å². The van der Waals surface area contributed by atoms with Gasteiger partial charge in [-0.05, 0) is 20.3 Å². The molecular weight excluding hydrogens is 266 g/mol. The molecule has 0 aliphatic carbocycles. The van der Waals surface area contributed by atoms with E-state index in [0.29, 0.717) is 17.3 Å². The first-order valence-corrected chi connectivity index (χ1v) is 6.66. The van der Waals surface area contributed by atoms with Crippen LogP contribution in [0.25, 0.3) is 11.0 Å². The number of nitrogens with zero attached hydrogens (tertiary/aromatic N) is 3. The van der Waals surface area contributed by atoms with E-state index >= 15 is 0 Å². The van der Waals surface area contributed by atoms with Crippen molar-refractivity contribution in [1.82, 2.24) is 14.8 Å². The molecule has 0 fully saturated rings. The van der Waals surface area contributed by atoms with Crippen LogP contribution in [0, 0.1) is 6.92 Å². The molecule has 6 heteroatoms. The quantitative estimate of drug-likeness (QED) is 0.809. The van der Waals surface area contributed by atoms with Crippen molar-refractivity contribution in [3.8, 4) is 0 Å². The van der Waals surface area contributed by atoms with Crippen molar-refractivity contribution in [3.05, 3.63) is 22.5 Å². The highest BCUT2D eigenvalue weighted by Crippen LogP contribution is 2.28. The number of aryl methyl sites for hydroxylation is 2. The number of hydrogen-bond acceptors (Lipinski definition) is 4. The van der Waals surface area contributed by atoms with Crippen LogP contribution in [0.5, 0.6) is 0 Å². The van der Waals surface area contributed by atoms with Gasteiger partial charge in [-0.2, -0.15) is 5.10 Å². The van der Waals surface area contributed by atoms with E-state index in [4.69, 9.17) is 16.3 Å². The van der Waals surface area contributed by atoms with Gasteiger partial charge in [-0.1, -0.05) is 18.5 Å². The Bertz CT molecular complexity index is 622. The third-order valence-corrected chi connectivity index (χ3v) is 3.20. The Balaban J connectivity index is 2.59. The molecule has 0 unspecified atom stereocenters. The molecule has 0 saturated heterocycles. The van der Waals surface area contributed by atoms with Crippen LogP contribution in [0.1, 0.15) is 36.3 Å². The molecule has 0 saturated carbocycles. The normalized spacial score (nSPS) is 10.9. The van der Waals surface area contributed by atoms with Crippen molar-refractivity contribution in [2.45, 2.75) is 33.7 Å². The maximum atomic E-state index is 11.8. The van der Waals surface area contributed by atoms with E-state index in [2.05, 4.69) is 17.0 Å². The van der Waals surface area contributed by atoms with Gasteiger partial charge in [0.15, 0.2) is 5.65 Å². The number of esters is 1. The lowest BCUT2D eigenvalue weighted by atomic mass is 10.2. The first-order valence-electron chi connectivity index (χ1n) is 6.28. The monoisotopic (exact) mass is 281 g/mol. The Morgan fingerprint density at radius 2 is 2.21 bits per heavy atom. The first kappa shape index (κ1) is 13.8. The number of pyridine rings is 1. The number of aromatic nitrogens is 3. The molecule has 2 aromatic rings. The molecule has 0 radical (unpaired) electrons. The van der Waals surface area contributed by atoms with Crippen molar-refractivity contribution in [3.63, 3.8) is 0 Å². The molecule has 0 aromatic carbocycles. The Kier molecular flexibility index (Phi) is 4.04. The van der Waals surface area contributed by atoms with E-state index in [9.17, 15) is 4.79 Å². The van der Waals surface area contributed by atoms with Gasteiger partial charge in [-0.25, -0.2) is 14.5 Å². The standard InChI is InChI=1S/C13H16ClN3O2/c1-4-6-17-12-10(8(3)16-17)11(14)9(7-15-12)13(18)19-5-2/h7H,4-6H2,1-3H3. The number of halogens is 1. The molecule has 102 valence electrons. The van der Waals surface area contributed by atoms with Gasteiger partial charge in [0, 0.05) is 12.7 Å². The van der Waals surface area contributed by atoms with Crippen LogP contribution in [0.2, 0.25) is 5.02 Å². The molecular formula is C13H16ClN3O2. The van der Waals surface area contributed by atoms with Crippen molar-refractivity contribution < 1.29 is 9.53 Å². The SMILES string of the molecule is CCCn1nc(C)c2c(Cl)c(C(=O)OCC)cnc21. The topological polar surface area (TPSA) is 57.0 Å². The van der Waals surface area contributed by atoms with Crippen molar-refractivity contribution in [2.24, 2.45) is 0 Å². The average molecular weight is 282 g/mol. The highest BCUT2D eigenvalue weighted by molar-refractivity contribution is 6.38. The van der Waals surface area contributed by atoms with Gasteiger partial charge in [0.1, 0.15) is 0 Å². The molecule has 0 aliphatic rings. The van der Waals surface area contributed by atoms with E-state index in [-0.39, 0.29) is 5.56 Å². The molecule has 2 aromatic heterocycles. The third kappa shape index (κ3) is 2.42. The van der Waals surface area contributed by atoms with Crippen LogP contribution < -0.4 is 0 Å². The molecule has 2 heterocycles. The van der Waals surface area contributed by atoms with Crippen LogP contribution in [0.15, 0.2) is 6.20 Å². The summed E-state index contributed by atoms with van der Waals surface area (Å²) in [5.74, 6) is -0.454. The summed E-state index contributed by atoms with van der Waals surface area (Å²) in [4.78, 5) is 16.1. The lowest BCUT2D eigenvalue weighted by molar-refractivity contribution is 0.0526. The largest absolute Gasteiger partial charge is 0.462 e. The summed E-state index contributed by atoms with van der Waals surface area (Å²) in [5, 5.41) is 5.49. The highest BCUT2D eigenvalue weighted by atomic mass is 35.5. The second kappa shape index (κ2) is 5.57. The molecule has 0 spiro atoms. The maximum Gasteiger partial charge on any atom is 0.341 e. The maximum absolute atomic E-state index is 11.8. The van der Waals surface area contributed by atoms with Gasteiger partial charge in [-0.15, -0.1) is 0 Å². The Morgan fingerprint density at radius 3 is 2.84 bits per heavy atom. The van der Waals surface area contributed by atoms with E-state index in [1.54, 1.807) is 6.92 Å². The van der Waals surface area contributed by atoms with Crippen LogP contribution in [0.3, 0.4) is 0 Å². The van der Waals surface area contributed by atoms with Gasteiger partial charge in [-0.3, -0.25) is 0 Å². The van der Waals surface area contributed by atoms with Crippen LogP contribution in [-0.4, -0.2) is 27.3 Å². The number of fused-ring (bicyclic) bond motifs is 1. The number of carbonyl (C=O) groups is 1. The molecule has 5 nitrogen and oxygen atoms in total. The highest BCUT2D eigenvalue weighted by Gasteiger charge is 2.19. The first-order chi connectivity index (χ1) is 9.10. The number of ether oxygens (including phenoxy) is 1. The number of rotatable bonds is 4. The second-order valence-corrected chi connectivity index (χ2v) is 4.59. The Morgan fingerprint density at radius 1 is 1.47 bits per heavy atom.